The van der Waals surface area contributed by atoms with E-state index in [1.54, 1.807) is 11.1 Å². The third-order valence-electron chi connectivity index (χ3n) is 14.3. The SMILES string of the molecule is CCCC1(Cc2cc3c(-c4cccc5ccccc45)cccc3[cH-]2)CCCCC1.CCCC1(Cc2cc3c(-c4cccc5ccccc45)cccc3[cH-]2)CCCCC1.[CH2-][Si][CH2-].[Cl][Zr+2][Cl].[Cl][Zr+2][Cl]. The van der Waals surface area contributed by atoms with Crippen LogP contribution in [0, 0.1) is 23.9 Å². The maximum atomic E-state index is 4.93. The molecule has 0 bridgehead atoms. The third kappa shape index (κ3) is 14.7. The van der Waals surface area contributed by atoms with Gasteiger partial charge in [0.1, 0.15) is 0 Å². The molecule has 8 aromatic carbocycles. The Balaban J connectivity index is 0.000000188. The normalized spacial score (nSPS) is 14.8. The van der Waals surface area contributed by atoms with E-state index in [0.717, 1.165) is 0 Å². The van der Waals surface area contributed by atoms with E-state index in [1.807, 2.05) is 0 Å². The van der Waals surface area contributed by atoms with Crippen LogP contribution in [-0.2, 0) is 54.5 Å². The van der Waals surface area contributed by atoms with Crippen molar-refractivity contribution in [1.82, 2.24) is 0 Å². The molecule has 0 N–H and O–H groups in total. The molecule has 2 saturated carbocycles. The molecule has 7 heteroatoms. The fourth-order valence-electron chi connectivity index (χ4n) is 11.7. The first-order valence-corrected chi connectivity index (χ1v) is 38.4. The van der Waals surface area contributed by atoms with Crippen LogP contribution >= 0.6 is 34.1 Å². The monoisotopic (exact) mass is 1130 g/mol. The molecule has 0 atom stereocenters. The second-order valence-electron chi connectivity index (χ2n) is 18.8. The zero-order chi connectivity index (χ0) is 47.5. The van der Waals surface area contributed by atoms with Gasteiger partial charge in [-0.05, 0) is 94.9 Å². The average Bonchev–Trinajstić information content (AvgIpc) is 3.96. The van der Waals surface area contributed by atoms with Crippen molar-refractivity contribution in [1.29, 1.82) is 0 Å². The number of hydrogen-bond acceptors (Lipinski definition) is 0. The van der Waals surface area contributed by atoms with Crippen LogP contribution in [0.5, 0.6) is 0 Å². The van der Waals surface area contributed by atoms with E-state index in [1.165, 1.54) is 168 Å². The van der Waals surface area contributed by atoms with Crippen LogP contribution in [0.1, 0.15) is 115 Å². The van der Waals surface area contributed by atoms with E-state index in [9.17, 15) is 0 Å². The molecule has 0 amide bonds. The zero-order valence-corrected chi connectivity index (χ0v) is 48.5. The second kappa shape index (κ2) is 28.3. The molecule has 346 valence electrons. The van der Waals surface area contributed by atoms with Gasteiger partial charge in [-0.2, -0.15) is 12.1 Å². The van der Waals surface area contributed by atoms with E-state index >= 15 is 0 Å². The van der Waals surface area contributed by atoms with Gasteiger partial charge < -0.3 is 22.6 Å². The Bertz CT molecular complexity index is 2500. The number of benzene rings is 6. The predicted molar refractivity (Wildman–Crippen MR) is 293 cm³/mol. The molecule has 0 heterocycles. The molecular weight excluding hydrogens is 1070 g/mol. The van der Waals surface area contributed by atoms with Crippen LogP contribution in [0.25, 0.3) is 65.3 Å². The van der Waals surface area contributed by atoms with Crippen LogP contribution in [0.3, 0.4) is 0 Å². The van der Waals surface area contributed by atoms with Crippen LogP contribution in [-0.4, -0.2) is 9.52 Å². The van der Waals surface area contributed by atoms with Gasteiger partial charge in [-0.1, -0.05) is 173 Å². The maximum absolute atomic E-state index is 4.93. The summed E-state index contributed by atoms with van der Waals surface area (Å²) in [7, 11) is 20.3. The van der Waals surface area contributed by atoms with E-state index in [0.29, 0.717) is 20.3 Å². The quantitative estimate of drug-likeness (QED) is 0.0946. The second-order valence-corrected chi connectivity index (χ2v) is 26.7. The van der Waals surface area contributed by atoms with Crippen molar-refractivity contribution in [2.24, 2.45) is 10.8 Å². The number of rotatable bonds is 10. The van der Waals surface area contributed by atoms with E-state index in [-0.39, 0.29) is 0 Å². The molecule has 2 fully saturated rings. The molecule has 2 radical (unpaired) electrons. The van der Waals surface area contributed by atoms with Crippen LogP contribution in [0.2, 0.25) is 0 Å². The standard InChI is InChI=1S/2C29H31.C2H4Si.4ClH.2Zr/c2*1-2-16-29(17-6-3-7-18-29)21-22-19-24-12-9-15-27(28(24)20-22)26-14-8-11-23-10-4-5-13-25(23)26;1-3-2;;;;;;/h2*4-5,8-15,19-20H,2-3,6-7,16-18,21H2,1H3;1-2H2;4*1H;;/q2*-1;-2;;;;;2*+4/p-4. The van der Waals surface area contributed by atoms with Gasteiger partial charge in [0, 0.05) is 0 Å². The predicted octanol–water partition coefficient (Wildman–Crippen LogP) is 20.4. The van der Waals surface area contributed by atoms with E-state index in [4.69, 9.17) is 34.1 Å². The Kier molecular flexibility index (Phi) is 23.0. The molecule has 67 heavy (non-hydrogen) atoms. The molecule has 0 nitrogen and oxygen atoms in total. The number of fused-ring (bicyclic) bond motifs is 4. The van der Waals surface area contributed by atoms with E-state index < -0.39 is 41.7 Å². The zero-order valence-electron chi connectivity index (χ0n) is 39.6. The summed E-state index contributed by atoms with van der Waals surface area (Å²) < 4.78 is 0. The third-order valence-corrected chi connectivity index (χ3v) is 14.3. The van der Waals surface area contributed by atoms with Crippen molar-refractivity contribution < 1.29 is 41.7 Å². The summed E-state index contributed by atoms with van der Waals surface area (Å²) in [5.74, 6) is 0. The van der Waals surface area contributed by atoms with Gasteiger partial charge in [-0.25, -0.2) is 0 Å². The van der Waals surface area contributed by atoms with Gasteiger partial charge in [0.2, 0.25) is 0 Å². The summed E-state index contributed by atoms with van der Waals surface area (Å²) in [4.78, 5) is 0. The van der Waals surface area contributed by atoms with Gasteiger partial charge >= 0.3 is 75.7 Å². The van der Waals surface area contributed by atoms with Gasteiger partial charge in [0.15, 0.2) is 0 Å². The molecule has 0 aromatic heterocycles. The summed E-state index contributed by atoms with van der Waals surface area (Å²) in [6.07, 6.45) is 22.1. The Morgan fingerprint density at radius 2 is 0.776 bits per heavy atom. The van der Waals surface area contributed by atoms with Crippen molar-refractivity contribution in [2.45, 2.75) is 117 Å². The van der Waals surface area contributed by atoms with E-state index in [2.05, 4.69) is 173 Å². The Hall–Kier alpha value is -1.80. The van der Waals surface area contributed by atoms with Crippen LogP contribution in [0.4, 0.5) is 0 Å². The molecule has 0 saturated heterocycles. The van der Waals surface area contributed by atoms with Crippen molar-refractivity contribution in [3.8, 4) is 22.3 Å². The topological polar surface area (TPSA) is 0 Å². The minimum absolute atomic E-state index is 0.539. The minimum atomic E-state index is -0.826. The van der Waals surface area contributed by atoms with Gasteiger partial charge in [-0.3, -0.25) is 0 Å². The molecule has 2 aliphatic rings. The first kappa shape index (κ1) is 54.5. The summed E-state index contributed by atoms with van der Waals surface area (Å²) in [5, 5.41) is 11.0. The Morgan fingerprint density at radius 3 is 1.13 bits per heavy atom. The molecule has 8 aromatic rings. The molecular formula is C60H66Cl4SiZr2. The summed E-state index contributed by atoms with van der Waals surface area (Å²) >= 11 is -1.65. The molecule has 0 unspecified atom stereocenters. The Morgan fingerprint density at radius 1 is 0.463 bits per heavy atom. The number of halogens is 4. The van der Waals surface area contributed by atoms with Crippen molar-refractivity contribution >= 4 is 86.7 Å². The number of hydrogen-bond donors (Lipinski definition) is 0. The fourth-order valence-corrected chi connectivity index (χ4v) is 11.7. The van der Waals surface area contributed by atoms with Crippen molar-refractivity contribution in [3.05, 3.63) is 170 Å². The molecule has 0 spiro atoms. The Labute approximate surface area is 443 Å². The molecule has 0 aliphatic heterocycles. The summed E-state index contributed by atoms with van der Waals surface area (Å²) in [5.41, 5.74) is 9.62. The van der Waals surface area contributed by atoms with Gasteiger partial charge in [-0.15, -0.1) is 69.1 Å². The first-order valence-electron chi connectivity index (χ1n) is 24.4. The van der Waals surface area contributed by atoms with Gasteiger partial charge in [0.25, 0.3) is 0 Å². The van der Waals surface area contributed by atoms with Gasteiger partial charge in [0.05, 0.1) is 0 Å². The summed E-state index contributed by atoms with van der Waals surface area (Å²) in [6, 6.07) is 54.5. The van der Waals surface area contributed by atoms with Crippen LogP contribution < -0.4 is 0 Å². The average molecular weight is 1140 g/mol. The van der Waals surface area contributed by atoms with Crippen molar-refractivity contribution in [3.63, 3.8) is 0 Å². The molecule has 2 aliphatic carbocycles. The summed E-state index contributed by atoms with van der Waals surface area (Å²) in [6.45, 7) is 11.5. The molecule has 10 rings (SSSR count). The first-order chi connectivity index (χ1) is 32.8. The van der Waals surface area contributed by atoms with Crippen LogP contribution in [0.15, 0.2) is 146 Å². The fraction of sp³-hybridized carbons (Fsp3) is 0.333. The van der Waals surface area contributed by atoms with Crippen molar-refractivity contribution in [2.75, 3.05) is 0 Å².